The zero-order valence-electron chi connectivity index (χ0n) is 14.5. The molecule has 1 aromatic rings. The number of esters is 2. The van der Waals surface area contributed by atoms with Crippen molar-refractivity contribution in [3.8, 4) is 5.75 Å². The molecular weight excluding hydrogens is 328 g/mol. The van der Waals surface area contributed by atoms with E-state index in [2.05, 4.69) is 0 Å². The lowest BCUT2D eigenvalue weighted by Crippen LogP contribution is -2.42. The van der Waals surface area contributed by atoms with E-state index < -0.39 is 30.4 Å². The Labute approximate surface area is 146 Å². The van der Waals surface area contributed by atoms with E-state index >= 15 is 0 Å². The van der Waals surface area contributed by atoms with Gasteiger partial charge in [-0.3, -0.25) is 9.59 Å². The number of benzene rings is 1. The molecule has 2 rings (SSSR count). The van der Waals surface area contributed by atoms with Gasteiger partial charge >= 0.3 is 11.9 Å². The summed E-state index contributed by atoms with van der Waals surface area (Å²) in [6.45, 7) is 2.85. The van der Waals surface area contributed by atoms with Crippen LogP contribution >= 0.6 is 0 Å². The number of carbonyl (C=O) groups excluding carboxylic acids is 2. The van der Waals surface area contributed by atoms with Crippen molar-refractivity contribution < 1.29 is 33.3 Å². The van der Waals surface area contributed by atoms with Gasteiger partial charge in [-0.2, -0.15) is 0 Å². The van der Waals surface area contributed by atoms with Crippen molar-refractivity contribution >= 4 is 11.9 Å². The molecule has 7 heteroatoms. The molecule has 1 heterocycles. The van der Waals surface area contributed by atoms with Gasteiger partial charge in [0.1, 0.15) is 24.6 Å². The summed E-state index contributed by atoms with van der Waals surface area (Å²) in [5.74, 6) is -0.165. The maximum Gasteiger partial charge on any atom is 0.303 e. The second-order valence-electron chi connectivity index (χ2n) is 5.43. The Hall–Kier alpha value is -2.38. The molecule has 25 heavy (non-hydrogen) atoms. The van der Waals surface area contributed by atoms with Crippen LogP contribution in [0.15, 0.2) is 36.4 Å². The van der Waals surface area contributed by atoms with E-state index in [1.54, 1.807) is 19.3 Å². The second kappa shape index (κ2) is 9.19. The average molecular weight is 350 g/mol. The Morgan fingerprint density at radius 2 is 1.88 bits per heavy atom. The van der Waals surface area contributed by atoms with Gasteiger partial charge in [0, 0.05) is 19.4 Å². The number of hydrogen-bond donors (Lipinski definition) is 0. The van der Waals surface area contributed by atoms with Gasteiger partial charge in [-0.1, -0.05) is 18.2 Å². The maximum atomic E-state index is 11.2. The predicted octanol–water partition coefficient (Wildman–Crippen LogP) is 1.99. The monoisotopic (exact) mass is 350 g/mol. The first-order valence-electron chi connectivity index (χ1n) is 7.87. The molecular formula is C18H22O7. The van der Waals surface area contributed by atoms with E-state index in [0.29, 0.717) is 0 Å². The lowest BCUT2D eigenvalue weighted by Gasteiger charge is -2.31. The summed E-state index contributed by atoms with van der Waals surface area (Å²) in [5.41, 5.74) is 0.876. The maximum absolute atomic E-state index is 11.2. The Kier molecular flexibility index (Phi) is 6.97. The highest BCUT2D eigenvalue weighted by molar-refractivity contribution is 5.66. The quantitative estimate of drug-likeness (QED) is 0.549. The minimum Gasteiger partial charge on any atom is -0.496 e. The fraction of sp³-hybridized carbons (Fsp3) is 0.444. The Morgan fingerprint density at radius 3 is 2.56 bits per heavy atom. The predicted molar refractivity (Wildman–Crippen MR) is 87.8 cm³/mol. The van der Waals surface area contributed by atoms with E-state index in [0.717, 1.165) is 11.3 Å². The van der Waals surface area contributed by atoms with Crippen LogP contribution in [0.1, 0.15) is 19.4 Å². The minimum absolute atomic E-state index is 0.0356. The van der Waals surface area contributed by atoms with Gasteiger partial charge < -0.3 is 23.7 Å². The van der Waals surface area contributed by atoms with Crippen LogP contribution in [-0.4, -0.2) is 44.2 Å². The van der Waals surface area contributed by atoms with Crippen LogP contribution in [-0.2, 0) is 35.1 Å². The second-order valence-corrected chi connectivity index (χ2v) is 5.43. The van der Waals surface area contributed by atoms with Crippen molar-refractivity contribution in [2.75, 3.05) is 13.7 Å². The molecule has 0 bridgehead atoms. The van der Waals surface area contributed by atoms with Crippen LogP contribution in [0.5, 0.6) is 5.75 Å². The van der Waals surface area contributed by atoms with E-state index in [-0.39, 0.29) is 13.2 Å². The summed E-state index contributed by atoms with van der Waals surface area (Å²) in [4.78, 5) is 22.2. The number of carbonyl (C=O) groups is 2. The number of ether oxygens (including phenoxy) is 5. The number of rotatable bonds is 7. The first-order chi connectivity index (χ1) is 12.0. The molecule has 0 radical (unpaired) electrons. The van der Waals surface area contributed by atoms with Crippen LogP contribution < -0.4 is 4.74 Å². The number of methoxy groups -OCH3 is 1. The van der Waals surface area contributed by atoms with E-state index in [4.69, 9.17) is 23.7 Å². The highest BCUT2D eigenvalue weighted by Crippen LogP contribution is 2.22. The summed E-state index contributed by atoms with van der Waals surface area (Å²) in [6.07, 6.45) is 1.40. The van der Waals surface area contributed by atoms with Gasteiger partial charge in [-0.05, 0) is 18.2 Å². The van der Waals surface area contributed by atoms with Crippen molar-refractivity contribution in [2.45, 2.75) is 39.0 Å². The summed E-state index contributed by atoms with van der Waals surface area (Å²) in [6, 6.07) is 7.50. The van der Waals surface area contributed by atoms with Crippen LogP contribution in [0.2, 0.25) is 0 Å². The fourth-order valence-corrected chi connectivity index (χ4v) is 2.35. The molecule has 0 amide bonds. The lowest BCUT2D eigenvalue weighted by molar-refractivity contribution is -0.200. The molecule has 0 saturated carbocycles. The van der Waals surface area contributed by atoms with Crippen molar-refractivity contribution in [1.82, 2.24) is 0 Å². The third kappa shape index (κ3) is 5.88. The van der Waals surface area contributed by atoms with Gasteiger partial charge in [-0.15, -0.1) is 0 Å². The summed E-state index contributed by atoms with van der Waals surface area (Å²) < 4.78 is 26.9. The summed E-state index contributed by atoms with van der Waals surface area (Å²) in [5, 5.41) is 0. The van der Waals surface area contributed by atoms with Crippen LogP contribution in [0.25, 0.3) is 0 Å². The van der Waals surface area contributed by atoms with Crippen LogP contribution in [0.3, 0.4) is 0 Å². The highest BCUT2D eigenvalue weighted by Gasteiger charge is 2.31. The van der Waals surface area contributed by atoms with Gasteiger partial charge in [0.05, 0.1) is 13.7 Å². The Bertz CT molecular complexity index is 626. The fourth-order valence-electron chi connectivity index (χ4n) is 2.35. The SMILES string of the molecule is COc1ccccc1COC1C=C[C@H](OC(C)=O)[C@@H](COC(C)=O)O1. The zero-order chi connectivity index (χ0) is 18.2. The van der Waals surface area contributed by atoms with Gasteiger partial charge in [0.15, 0.2) is 6.29 Å². The number of hydrogen-bond acceptors (Lipinski definition) is 7. The molecule has 0 N–H and O–H groups in total. The first-order valence-corrected chi connectivity index (χ1v) is 7.87. The minimum atomic E-state index is -0.655. The van der Waals surface area contributed by atoms with E-state index in [9.17, 15) is 9.59 Å². The molecule has 0 spiro atoms. The van der Waals surface area contributed by atoms with Crippen LogP contribution in [0.4, 0.5) is 0 Å². The van der Waals surface area contributed by atoms with Gasteiger partial charge in [0.25, 0.3) is 0 Å². The lowest BCUT2D eigenvalue weighted by atomic mass is 10.1. The Morgan fingerprint density at radius 1 is 1.12 bits per heavy atom. The molecule has 1 aliphatic heterocycles. The standard InChI is InChI=1S/C18H22O7/c1-12(19)22-11-17-16(24-13(2)20)8-9-18(25-17)23-10-14-6-4-5-7-15(14)21-3/h4-9,16-18H,10-11H2,1-3H3/t16-,17+,18?/m0/s1. The van der Waals surface area contributed by atoms with Crippen molar-refractivity contribution in [1.29, 1.82) is 0 Å². The molecule has 0 aliphatic carbocycles. The van der Waals surface area contributed by atoms with Gasteiger partial charge in [-0.25, -0.2) is 0 Å². The smallest absolute Gasteiger partial charge is 0.303 e. The van der Waals surface area contributed by atoms with Crippen LogP contribution in [0, 0.1) is 0 Å². The molecule has 7 nitrogen and oxygen atoms in total. The highest BCUT2D eigenvalue weighted by atomic mass is 16.7. The number of para-hydroxylation sites is 1. The molecule has 1 unspecified atom stereocenters. The molecule has 3 atom stereocenters. The topological polar surface area (TPSA) is 80.3 Å². The molecule has 0 fully saturated rings. The van der Waals surface area contributed by atoms with E-state index in [1.807, 2.05) is 24.3 Å². The molecule has 1 aromatic carbocycles. The zero-order valence-corrected chi connectivity index (χ0v) is 14.5. The Balaban J connectivity index is 1.99. The van der Waals surface area contributed by atoms with Crippen molar-refractivity contribution in [3.05, 3.63) is 42.0 Å². The normalized spacial score (nSPS) is 22.3. The summed E-state index contributed by atoms with van der Waals surface area (Å²) in [7, 11) is 1.59. The first kappa shape index (κ1) is 19.0. The third-order valence-corrected chi connectivity index (χ3v) is 3.48. The third-order valence-electron chi connectivity index (χ3n) is 3.48. The summed E-state index contributed by atoms with van der Waals surface area (Å²) >= 11 is 0. The largest absolute Gasteiger partial charge is 0.496 e. The molecule has 0 aromatic heterocycles. The van der Waals surface area contributed by atoms with Crippen molar-refractivity contribution in [2.24, 2.45) is 0 Å². The average Bonchev–Trinajstić information content (AvgIpc) is 2.59. The molecule has 0 saturated heterocycles. The van der Waals surface area contributed by atoms with Gasteiger partial charge in [0.2, 0.25) is 0 Å². The van der Waals surface area contributed by atoms with E-state index in [1.165, 1.54) is 13.8 Å². The van der Waals surface area contributed by atoms with Crippen molar-refractivity contribution in [3.63, 3.8) is 0 Å². The molecule has 1 aliphatic rings. The molecule has 136 valence electrons.